The Bertz CT molecular complexity index is 209. The Hall–Kier alpha value is -1.68. The molecule has 0 atom stereocenters. The summed E-state index contributed by atoms with van der Waals surface area (Å²) >= 11 is 0. The van der Waals surface area contributed by atoms with Gasteiger partial charge in [-0.1, -0.05) is 0 Å². The van der Waals surface area contributed by atoms with Crippen LogP contribution in [-0.4, -0.2) is 44.7 Å². The first-order chi connectivity index (χ1) is 6.59. The zero-order valence-electron chi connectivity index (χ0n) is 8.37. The summed E-state index contributed by atoms with van der Waals surface area (Å²) in [4.78, 5) is 35.7. The Morgan fingerprint density at radius 2 is 1.25 bits per heavy atom. The van der Waals surface area contributed by atoms with Crippen molar-refractivity contribution < 1.29 is 51.4 Å². The van der Waals surface area contributed by atoms with Crippen LogP contribution in [0.25, 0.3) is 0 Å². The van der Waals surface area contributed by atoms with Gasteiger partial charge in [-0.2, -0.15) is 0 Å². The smallest absolute Gasteiger partial charge is 0.376 e. The minimum Gasteiger partial charge on any atom is -0.481 e. The Labute approximate surface area is 100 Å². The molecule has 0 aromatic rings. The van der Waals surface area contributed by atoms with Crippen molar-refractivity contribution in [1.82, 2.24) is 0 Å². The molecule has 0 rings (SSSR count). The molecule has 9 nitrogen and oxygen atoms in total. The van der Waals surface area contributed by atoms with Crippen molar-refractivity contribution in [3.8, 4) is 0 Å². The number of carboxylic acids is 3. The predicted molar refractivity (Wildman–Crippen MR) is 46.1 cm³/mol. The summed E-state index contributed by atoms with van der Waals surface area (Å²) in [6.07, 6.45) is 0. The van der Waals surface area contributed by atoms with Crippen molar-refractivity contribution in [1.29, 1.82) is 0 Å². The van der Waals surface area contributed by atoms with Gasteiger partial charge < -0.3 is 15.3 Å². The molecule has 0 amide bonds. The van der Waals surface area contributed by atoms with Crippen LogP contribution in [0.15, 0.2) is 0 Å². The first-order valence-electron chi connectivity index (χ1n) is 3.32. The molecular weight excluding hydrogens is 273 g/mol. The fourth-order valence-corrected chi connectivity index (χ4v) is 0.110. The molecular formula is C6H11CoNO8. The fraction of sp³-hybridized carbons (Fsp3) is 0.500. The molecule has 0 saturated carbocycles. The van der Waals surface area contributed by atoms with Gasteiger partial charge in [-0.25, -0.2) is 4.79 Å². The zero-order chi connectivity index (χ0) is 13.0. The Morgan fingerprint density at radius 1 is 1.06 bits per heavy atom. The average molecular weight is 284 g/mol. The maximum Gasteiger partial charge on any atom is 0.376 e. The van der Waals surface area contributed by atoms with Crippen molar-refractivity contribution in [2.45, 2.75) is 13.8 Å². The summed E-state index contributed by atoms with van der Waals surface area (Å²) in [6, 6.07) is 0. The monoisotopic (exact) mass is 284 g/mol. The maximum absolute atomic E-state index is 9.37. The number of hydrogen-bond acceptors (Lipinski definition) is 5. The summed E-state index contributed by atoms with van der Waals surface area (Å²) in [7, 11) is 0. The van der Waals surface area contributed by atoms with Crippen molar-refractivity contribution >= 4 is 17.9 Å². The molecule has 3 N–H and O–H groups in total. The number of hydrogen-bond donors (Lipinski definition) is 3. The van der Waals surface area contributed by atoms with Gasteiger partial charge in [-0.15, -0.1) is 0 Å². The molecule has 0 fully saturated rings. The zero-order valence-corrected chi connectivity index (χ0v) is 9.41. The maximum atomic E-state index is 9.37. The molecule has 10 heteroatoms. The van der Waals surface area contributed by atoms with E-state index in [-0.39, 0.29) is 16.8 Å². The van der Waals surface area contributed by atoms with Gasteiger partial charge in [0.25, 0.3) is 18.5 Å². The van der Waals surface area contributed by atoms with E-state index in [0.717, 1.165) is 13.8 Å². The minimum atomic E-state index is -1.41. The number of aliphatic carboxylic acids is 3. The van der Waals surface area contributed by atoms with Gasteiger partial charge in [-0.3, -0.25) is 19.7 Å². The van der Waals surface area contributed by atoms with Crippen molar-refractivity contribution in [2.24, 2.45) is 0 Å². The molecule has 0 bridgehead atoms. The largest absolute Gasteiger partial charge is 0.481 e. The summed E-state index contributed by atoms with van der Waals surface area (Å²) in [5.74, 6) is -3.08. The molecule has 0 unspecified atom stereocenters. The predicted octanol–water partition coefficient (Wildman–Crippen LogP) is -0.473. The first-order valence-corrected chi connectivity index (χ1v) is 3.32. The SMILES string of the molecule is CC(=O)O.CC(=O)O.O=C(O)C[N+](=O)[O-].[Co]. The third kappa shape index (κ3) is 294. The number of nitro groups is 1. The number of nitrogens with zero attached hydrogens (tertiary/aromatic N) is 1. The normalized spacial score (nSPS) is 6.62. The van der Waals surface area contributed by atoms with E-state index in [1.807, 2.05) is 0 Å². The van der Waals surface area contributed by atoms with Crippen LogP contribution in [0.4, 0.5) is 0 Å². The summed E-state index contributed by atoms with van der Waals surface area (Å²) < 4.78 is 0. The molecule has 0 saturated heterocycles. The van der Waals surface area contributed by atoms with E-state index in [4.69, 9.17) is 24.9 Å². The van der Waals surface area contributed by atoms with E-state index in [9.17, 15) is 14.9 Å². The van der Waals surface area contributed by atoms with Crippen molar-refractivity contribution in [2.75, 3.05) is 6.54 Å². The molecule has 97 valence electrons. The van der Waals surface area contributed by atoms with E-state index >= 15 is 0 Å². The van der Waals surface area contributed by atoms with Crippen LogP contribution in [0.2, 0.25) is 0 Å². The minimum absolute atomic E-state index is 0. The van der Waals surface area contributed by atoms with Crippen LogP contribution in [-0.2, 0) is 31.2 Å². The van der Waals surface area contributed by atoms with Crippen molar-refractivity contribution in [3.05, 3.63) is 10.1 Å². The quantitative estimate of drug-likeness (QED) is 0.453. The molecule has 0 aliphatic heterocycles. The van der Waals surface area contributed by atoms with Gasteiger partial charge in [0.05, 0.1) is 0 Å². The summed E-state index contributed by atoms with van der Waals surface area (Å²) in [5.41, 5.74) is 0. The molecule has 0 spiro atoms. The van der Waals surface area contributed by atoms with Gasteiger partial charge >= 0.3 is 5.97 Å². The standard InChI is InChI=1S/C2H3NO4.2C2H4O2.Co/c4-2(5)1-3(6)7;2*1-2(3)4;/h1H2,(H,4,5);2*1H3,(H,3,4);. The fourth-order valence-electron chi connectivity index (χ4n) is 0.110. The third-order valence-electron chi connectivity index (χ3n) is 0.264. The molecule has 0 aliphatic carbocycles. The van der Waals surface area contributed by atoms with E-state index in [1.54, 1.807) is 0 Å². The number of rotatable bonds is 2. The summed E-state index contributed by atoms with van der Waals surface area (Å²) in [6.45, 7) is 1.17. The average Bonchev–Trinajstić information content (AvgIpc) is 1.78. The van der Waals surface area contributed by atoms with Crippen molar-refractivity contribution in [3.63, 3.8) is 0 Å². The van der Waals surface area contributed by atoms with Crippen LogP contribution in [0.1, 0.15) is 13.8 Å². The molecule has 0 aromatic carbocycles. The topological polar surface area (TPSA) is 155 Å². The van der Waals surface area contributed by atoms with Crippen LogP contribution >= 0.6 is 0 Å². The van der Waals surface area contributed by atoms with Crippen LogP contribution in [0, 0.1) is 10.1 Å². The summed E-state index contributed by atoms with van der Waals surface area (Å²) in [5, 5.41) is 31.7. The Morgan fingerprint density at radius 3 is 1.25 bits per heavy atom. The first kappa shape index (κ1) is 23.9. The van der Waals surface area contributed by atoms with Crippen LogP contribution < -0.4 is 0 Å². The van der Waals surface area contributed by atoms with Gasteiger partial charge in [0, 0.05) is 35.5 Å². The molecule has 1 radical (unpaired) electrons. The van der Waals surface area contributed by atoms with Gasteiger partial charge in [0.15, 0.2) is 0 Å². The Balaban J connectivity index is -0.0000000700. The molecule has 0 heterocycles. The molecule has 0 aliphatic rings. The van der Waals surface area contributed by atoms with Gasteiger partial charge in [-0.05, 0) is 0 Å². The Kier molecular flexibility index (Phi) is 23.5. The molecule has 16 heavy (non-hydrogen) atoms. The van der Waals surface area contributed by atoms with Crippen LogP contribution in [0.5, 0.6) is 0 Å². The molecule has 0 aromatic heterocycles. The van der Waals surface area contributed by atoms with Gasteiger partial charge in [0.2, 0.25) is 0 Å². The van der Waals surface area contributed by atoms with E-state index in [0.29, 0.717) is 0 Å². The number of carboxylic acid groups (broad SMARTS) is 3. The van der Waals surface area contributed by atoms with Gasteiger partial charge in [0.1, 0.15) is 0 Å². The van der Waals surface area contributed by atoms with Crippen LogP contribution in [0.3, 0.4) is 0 Å². The van der Waals surface area contributed by atoms with E-state index in [1.165, 1.54) is 0 Å². The number of carbonyl (C=O) groups is 3. The second kappa shape index (κ2) is 15.8. The second-order valence-corrected chi connectivity index (χ2v) is 1.92. The van der Waals surface area contributed by atoms with E-state index < -0.39 is 29.4 Å². The third-order valence-corrected chi connectivity index (χ3v) is 0.264. The second-order valence-electron chi connectivity index (χ2n) is 1.92. The van der Waals surface area contributed by atoms with E-state index in [2.05, 4.69) is 0 Å².